The summed E-state index contributed by atoms with van der Waals surface area (Å²) in [4.78, 5) is 12.2. The Morgan fingerprint density at radius 3 is 2.74 bits per heavy atom. The van der Waals surface area contributed by atoms with E-state index < -0.39 is 0 Å². The van der Waals surface area contributed by atoms with E-state index in [0.29, 0.717) is 5.13 Å². The molecule has 1 amide bonds. The predicted octanol–water partition coefficient (Wildman–Crippen LogP) is 4.39. The highest BCUT2D eigenvalue weighted by Crippen LogP contribution is 2.28. The van der Waals surface area contributed by atoms with Crippen molar-refractivity contribution in [1.82, 2.24) is 10.2 Å². The Morgan fingerprint density at radius 1 is 1.17 bits per heavy atom. The average molecular weight is 348 g/mol. The van der Waals surface area contributed by atoms with Crippen LogP contribution in [0, 0.1) is 5.92 Å². The minimum Gasteiger partial charge on any atom is -0.300 e. The summed E-state index contributed by atoms with van der Waals surface area (Å²) in [5.74, 6) is 1.23. The number of aromatic nitrogens is 2. The third-order valence-corrected chi connectivity index (χ3v) is 6.05. The van der Waals surface area contributed by atoms with Crippen LogP contribution in [0.25, 0.3) is 0 Å². The van der Waals surface area contributed by atoms with Crippen molar-refractivity contribution in [3.8, 4) is 0 Å². The topological polar surface area (TPSA) is 54.9 Å². The lowest BCUT2D eigenvalue weighted by molar-refractivity contribution is -0.120. The van der Waals surface area contributed by atoms with Crippen LogP contribution in [-0.2, 0) is 11.2 Å². The second-order valence-electron chi connectivity index (χ2n) is 5.78. The van der Waals surface area contributed by atoms with Crippen molar-refractivity contribution in [2.45, 2.75) is 42.9 Å². The van der Waals surface area contributed by atoms with Gasteiger partial charge in [-0.2, -0.15) is 0 Å². The maximum Gasteiger partial charge on any atom is 0.229 e. The lowest BCUT2D eigenvalue weighted by Gasteiger charge is -2.19. The monoisotopic (exact) mass is 347 g/mol. The summed E-state index contributed by atoms with van der Waals surface area (Å²) in [7, 11) is 0. The van der Waals surface area contributed by atoms with E-state index in [9.17, 15) is 4.79 Å². The fourth-order valence-corrected chi connectivity index (χ4v) is 4.61. The third-order valence-electron chi connectivity index (χ3n) is 4.07. The van der Waals surface area contributed by atoms with Gasteiger partial charge in [0.2, 0.25) is 11.0 Å². The van der Waals surface area contributed by atoms with Crippen molar-refractivity contribution in [2.24, 2.45) is 5.92 Å². The molecule has 1 N–H and O–H groups in total. The molecule has 0 aliphatic heterocycles. The molecule has 0 spiro atoms. The van der Waals surface area contributed by atoms with Crippen molar-refractivity contribution in [3.05, 3.63) is 35.9 Å². The Kier molecular flexibility index (Phi) is 6.05. The van der Waals surface area contributed by atoms with Crippen LogP contribution in [0.2, 0.25) is 0 Å². The summed E-state index contributed by atoms with van der Waals surface area (Å²) in [5, 5.41) is 11.8. The molecule has 1 aliphatic rings. The average Bonchev–Trinajstić information content (AvgIpc) is 3.04. The number of aryl methyl sites for hydroxylation is 1. The van der Waals surface area contributed by atoms with Crippen LogP contribution in [-0.4, -0.2) is 21.9 Å². The van der Waals surface area contributed by atoms with Crippen molar-refractivity contribution < 1.29 is 4.79 Å². The van der Waals surface area contributed by atoms with Gasteiger partial charge in [-0.15, -0.1) is 10.2 Å². The molecular weight excluding hydrogens is 326 g/mol. The van der Waals surface area contributed by atoms with E-state index in [1.807, 2.05) is 6.07 Å². The first-order chi connectivity index (χ1) is 11.3. The molecule has 1 fully saturated rings. The summed E-state index contributed by atoms with van der Waals surface area (Å²) < 4.78 is 0.917. The Bertz CT molecular complexity index is 624. The zero-order chi connectivity index (χ0) is 15.9. The first-order valence-corrected chi connectivity index (χ1v) is 9.92. The van der Waals surface area contributed by atoms with Gasteiger partial charge in [-0.25, -0.2) is 0 Å². The zero-order valence-corrected chi connectivity index (χ0v) is 14.7. The second-order valence-corrected chi connectivity index (χ2v) is 8.10. The fourth-order valence-electron chi connectivity index (χ4n) is 2.79. The molecule has 122 valence electrons. The number of amides is 1. The number of anilines is 1. The van der Waals surface area contributed by atoms with E-state index in [0.717, 1.165) is 42.2 Å². The molecule has 2 aromatic rings. The first kappa shape index (κ1) is 16.5. The molecule has 23 heavy (non-hydrogen) atoms. The number of rotatable bonds is 6. The highest BCUT2D eigenvalue weighted by atomic mass is 32.2. The van der Waals surface area contributed by atoms with E-state index in [4.69, 9.17) is 0 Å². The summed E-state index contributed by atoms with van der Waals surface area (Å²) >= 11 is 3.16. The lowest BCUT2D eigenvalue weighted by Crippen LogP contribution is -2.24. The van der Waals surface area contributed by atoms with Gasteiger partial charge in [-0.3, -0.25) is 4.79 Å². The highest BCUT2D eigenvalue weighted by Gasteiger charge is 2.22. The van der Waals surface area contributed by atoms with Gasteiger partial charge in [-0.1, -0.05) is 72.7 Å². The van der Waals surface area contributed by atoms with Gasteiger partial charge in [0, 0.05) is 11.7 Å². The maximum absolute atomic E-state index is 12.2. The summed E-state index contributed by atoms with van der Waals surface area (Å²) in [6, 6.07) is 10.4. The van der Waals surface area contributed by atoms with Gasteiger partial charge < -0.3 is 5.32 Å². The normalized spacial score (nSPS) is 15.5. The quantitative estimate of drug-likeness (QED) is 0.622. The molecule has 1 aliphatic carbocycles. The molecular formula is C17H21N3OS2. The van der Waals surface area contributed by atoms with Gasteiger partial charge in [0.1, 0.15) is 0 Å². The van der Waals surface area contributed by atoms with E-state index in [1.54, 1.807) is 11.8 Å². The molecule has 0 saturated heterocycles. The Morgan fingerprint density at radius 2 is 1.96 bits per heavy atom. The number of nitrogens with zero attached hydrogens (tertiary/aromatic N) is 2. The predicted molar refractivity (Wildman–Crippen MR) is 96.0 cm³/mol. The molecule has 4 nitrogen and oxygen atoms in total. The standard InChI is InChI=1S/C17H21N3OS2/c21-15(14-9-5-2-6-10-14)18-16-19-20-17(23-16)22-12-11-13-7-3-1-4-8-13/h1,3-4,7-8,14H,2,5-6,9-12H2,(H,18,19,21). The largest absolute Gasteiger partial charge is 0.300 e. The molecule has 1 aromatic carbocycles. The highest BCUT2D eigenvalue weighted by molar-refractivity contribution is 8.01. The van der Waals surface area contributed by atoms with Crippen LogP contribution < -0.4 is 5.32 Å². The number of carbonyl (C=O) groups excluding carboxylic acids is 1. The molecule has 1 saturated carbocycles. The number of hydrogen-bond donors (Lipinski definition) is 1. The zero-order valence-electron chi connectivity index (χ0n) is 13.0. The summed E-state index contributed by atoms with van der Waals surface area (Å²) in [6.07, 6.45) is 6.59. The lowest BCUT2D eigenvalue weighted by atomic mass is 9.89. The molecule has 0 atom stereocenters. The number of benzene rings is 1. The molecule has 3 rings (SSSR count). The number of hydrogen-bond acceptors (Lipinski definition) is 5. The number of carbonyl (C=O) groups is 1. The van der Waals surface area contributed by atoms with Crippen LogP contribution in [0.1, 0.15) is 37.7 Å². The van der Waals surface area contributed by atoms with E-state index >= 15 is 0 Å². The van der Waals surface area contributed by atoms with Crippen LogP contribution in [0.5, 0.6) is 0 Å². The van der Waals surface area contributed by atoms with Gasteiger partial charge in [0.05, 0.1) is 0 Å². The van der Waals surface area contributed by atoms with Crippen LogP contribution >= 0.6 is 23.1 Å². The van der Waals surface area contributed by atoms with Crippen LogP contribution in [0.3, 0.4) is 0 Å². The minimum atomic E-state index is 0.113. The molecule has 0 radical (unpaired) electrons. The van der Waals surface area contributed by atoms with Crippen molar-refractivity contribution in [2.75, 3.05) is 11.1 Å². The Hall–Kier alpha value is -1.40. The molecule has 6 heteroatoms. The van der Waals surface area contributed by atoms with Gasteiger partial charge >= 0.3 is 0 Å². The number of thioether (sulfide) groups is 1. The van der Waals surface area contributed by atoms with Gasteiger partial charge in [-0.05, 0) is 24.8 Å². The maximum atomic E-state index is 12.2. The second kappa shape index (κ2) is 8.45. The first-order valence-electron chi connectivity index (χ1n) is 8.12. The summed E-state index contributed by atoms with van der Waals surface area (Å²) in [6.45, 7) is 0. The van der Waals surface area contributed by atoms with Crippen LogP contribution in [0.15, 0.2) is 34.7 Å². The fraction of sp³-hybridized carbons (Fsp3) is 0.471. The van der Waals surface area contributed by atoms with Crippen molar-refractivity contribution in [1.29, 1.82) is 0 Å². The third kappa shape index (κ3) is 5.04. The van der Waals surface area contributed by atoms with Crippen molar-refractivity contribution in [3.63, 3.8) is 0 Å². The van der Waals surface area contributed by atoms with Crippen LogP contribution in [0.4, 0.5) is 5.13 Å². The van der Waals surface area contributed by atoms with E-state index in [2.05, 4.69) is 39.8 Å². The van der Waals surface area contributed by atoms with E-state index in [1.165, 1.54) is 23.3 Å². The smallest absolute Gasteiger partial charge is 0.229 e. The summed E-state index contributed by atoms with van der Waals surface area (Å²) in [5.41, 5.74) is 1.33. The number of nitrogens with one attached hydrogen (secondary N) is 1. The van der Waals surface area contributed by atoms with E-state index in [-0.39, 0.29) is 11.8 Å². The van der Waals surface area contributed by atoms with Crippen molar-refractivity contribution >= 4 is 34.1 Å². The minimum absolute atomic E-state index is 0.113. The Labute approximate surface area is 145 Å². The Balaban J connectivity index is 1.45. The molecule has 0 unspecified atom stereocenters. The molecule has 1 aromatic heterocycles. The van der Waals surface area contributed by atoms with Gasteiger partial charge in [0.25, 0.3) is 0 Å². The van der Waals surface area contributed by atoms with Gasteiger partial charge in [0.15, 0.2) is 4.34 Å². The molecule has 1 heterocycles. The SMILES string of the molecule is O=C(Nc1nnc(SCCc2ccccc2)s1)C1CCCCC1. The molecule has 0 bridgehead atoms.